The lowest BCUT2D eigenvalue weighted by Crippen LogP contribution is -2.09. The number of anilines is 1. The van der Waals surface area contributed by atoms with E-state index in [0.717, 1.165) is 11.3 Å². The van der Waals surface area contributed by atoms with Crippen LogP contribution >= 0.6 is 0 Å². The minimum absolute atomic E-state index is 0.0681. The Labute approximate surface area is 132 Å². The van der Waals surface area contributed by atoms with Crippen LogP contribution in [0.5, 0.6) is 5.75 Å². The molecule has 0 aromatic heterocycles. The van der Waals surface area contributed by atoms with Gasteiger partial charge in [0.05, 0.1) is 19.1 Å². The summed E-state index contributed by atoms with van der Waals surface area (Å²) >= 11 is 0. The van der Waals surface area contributed by atoms with Gasteiger partial charge in [-0.2, -0.15) is 0 Å². The molecule has 0 saturated heterocycles. The summed E-state index contributed by atoms with van der Waals surface area (Å²) in [6.45, 7) is 0. The van der Waals surface area contributed by atoms with E-state index in [0.29, 0.717) is 12.0 Å². The molecule has 0 bridgehead atoms. The van der Waals surface area contributed by atoms with E-state index in [-0.39, 0.29) is 11.3 Å². The quantitative estimate of drug-likeness (QED) is 0.393. The predicted octanol–water partition coefficient (Wildman–Crippen LogP) is 2.56. The zero-order valence-electron chi connectivity index (χ0n) is 12.7. The third-order valence-electron chi connectivity index (χ3n) is 3.35. The van der Waals surface area contributed by atoms with Crippen molar-refractivity contribution in [3.8, 4) is 5.75 Å². The van der Waals surface area contributed by atoms with Crippen molar-refractivity contribution in [2.75, 3.05) is 20.0 Å². The van der Waals surface area contributed by atoms with E-state index >= 15 is 0 Å². The van der Waals surface area contributed by atoms with Crippen LogP contribution in [0.15, 0.2) is 36.4 Å². The van der Waals surface area contributed by atoms with Crippen LogP contribution in [0, 0.1) is 10.1 Å². The molecule has 2 aromatic carbocycles. The topological polar surface area (TPSA) is 105 Å². The third-order valence-corrected chi connectivity index (χ3v) is 3.35. The molecule has 120 valence electrons. The number of hydrogen-bond donors (Lipinski definition) is 1. The first-order valence-corrected chi connectivity index (χ1v) is 6.74. The largest absolute Gasteiger partial charge is 0.497 e. The van der Waals surface area contributed by atoms with Crippen LogP contribution in [-0.2, 0) is 11.2 Å². The summed E-state index contributed by atoms with van der Waals surface area (Å²) in [7, 11) is 2.74. The molecule has 0 heterocycles. The Morgan fingerprint density at radius 3 is 2.35 bits per heavy atom. The van der Waals surface area contributed by atoms with Gasteiger partial charge in [-0.25, -0.2) is 4.79 Å². The molecule has 0 amide bonds. The molecule has 0 radical (unpaired) electrons. The molecule has 0 aliphatic rings. The van der Waals surface area contributed by atoms with E-state index in [9.17, 15) is 14.9 Å². The molecular weight excluding hydrogens is 300 g/mol. The summed E-state index contributed by atoms with van der Waals surface area (Å²) < 4.78 is 9.69. The first-order valence-electron chi connectivity index (χ1n) is 6.74. The molecule has 0 aliphatic heterocycles. The summed E-state index contributed by atoms with van der Waals surface area (Å²) in [5.74, 6) is -0.0628. The normalized spacial score (nSPS) is 10.2. The molecule has 2 rings (SSSR count). The fraction of sp³-hybridized carbons (Fsp3) is 0.188. The smallest absolute Gasteiger partial charge is 0.344 e. The molecule has 7 heteroatoms. The van der Waals surface area contributed by atoms with Gasteiger partial charge in [-0.15, -0.1) is 0 Å². The maximum absolute atomic E-state index is 11.8. The van der Waals surface area contributed by atoms with Crippen LogP contribution in [0.3, 0.4) is 0 Å². The monoisotopic (exact) mass is 316 g/mol. The highest BCUT2D eigenvalue weighted by Gasteiger charge is 2.25. The molecule has 0 unspecified atom stereocenters. The number of hydrogen-bond acceptors (Lipinski definition) is 6. The van der Waals surface area contributed by atoms with Gasteiger partial charge >= 0.3 is 11.7 Å². The van der Waals surface area contributed by atoms with Gasteiger partial charge in [0.15, 0.2) is 0 Å². The fourth-order valence-corrected chi connectivity index (χ4v) is 2.27. The number of nitrogen functional groups attached to an aromatic ring is 1. The van der Waals surface area contributed by atoms with Gasteiger partial charge in [0.1, 0.15) is 17.0 Å². The summed E-state index contributed by atoms with van der Waals surface area (Å²) in [5, 5.41) is 11.1. The number of carbonyl (C=O) groups excluding carboxylic acids is 1. The Morgan fingerprint density at radius 1 is 1.17 bits per heavy atom. The summed E-state index contributed by atoms with van der Waals surface area (Å²) in [6, 6.07) is 10.3. The minimum atomic E-state index is -0.792. The Balaban J connectivity index is 2.41. The molecule has 2 aromatic rings. The van der Waals surface area contributed by atoms with Crippen molar-refractivity contribution in [3.63, 3.8) is 0 Å². The number of carbonyl (C=O) groups is 1. The van der Waals surface area contributed by atoms with E-state index in [1.807, 2.05) is 24.3 Å². The highest BCUT2D eigenvalue weighted by molar-refractivity contribution is 5.96. The van der Waals surface area contributed by atoms with Crippen molar-refractivity contribution in [2.45, 2.75) is 6.42 Å². The van der Waals surface area contributed by atoms with E-state index < -0.39 is 16.6 Å². The number of nitrogens with two attached hydrogens (primary N) is 1. The van der Waals surface area contributed by atoms with E-state index in [2.05, 4.69) is 4.74 Å². The van der Waals surface area contributed by atoms with Gasteiger partial charge in [-0.3, -0.25) is 10.1 Å². The molecule has 0 fully saturated rings. The molecule has 23 heavy (non-hydrogen) atoms. The van der Waals surface area contributed by atoms with Crippen molar-refractivity contribution in [2.24, 2.45) is 0 Å². The number of nitro benzene ring substituents is 1. The summed E-state index contributed by atoms with van der Waals surface area (Å²) in [4.78, 5) is 22.2. The first-order chi connectivity index (χ1) is 11.0. The van der Waals surface area contributed by atoms with Crippen LogP contribution in [0.25, 0.3) is 0 Å². The van der Waals surface area contributed by atoms with Gasteiger partial charge in [0.25, 0.3) is 0 Å². The van der Waals surface area contributed by atoms with Crippen LogP contribution in [0.1, 0.15) is 21.5 Å². The maximum Gasteiger partial charge on any atom is 0.344 e. The predicted molar refractivity (Wildman–Crippen MR) is 84.6 cm³/mol. The van der Waals surface area contributed by atoms with Crippen LogP contribution in [0.4, 0.5) is 11.4 Å². The summed E-state index contributed by atoms with van der Waals surface area (Å²) in [5.41, 5.74) is 6.72. The molecule has 0 aliphatic carbocycles. The lowest BCUT2D eigenvalue weighted by Gasteiger charge is -2.09. The Kier molecular flexibility index (Phi) is 4.80. The van der Waals surface area contributed by atoms with Crippen LogP contribution in [-0.4, -0.2) is 25.1 Å². The van der Waals surface area contributed by atoms with Crippen molar-refractivity contribution in [3.05, 3.63) is 63.2 Å². The number of benzene rings is 2. The number of methoxy groups -OCH3 is 2. The van der Waals surface area contributed by atoms with Gasteiger partial charge in [0.2, 0.25) is 0 Å². The third kappa shape index (κ3) is 3.57. The highest BCUT2D eigenvalue weighted by Crippen LogP contribution is 2.29. The molecular formula is C16H16N2O5. The number of nitrogens with zero attached hydrogens (tertiary/aromatic N) is 1. The lowest BCUT2D eigenvalue weighted by atomic mass is 10.0. The lowest BCUT2D eigenvalue weighted by molar-refractivity contribution is -0.384. The zero-order valence-corrected chi connectivity index (χ0v) is 12.7. The zero-order chi connectivity index (χ0) is 17.0. The Morgan fingerprint density at radius 2 is 1.83 bits per heavy atom. The first kappa shape index (κ1) is 16.3. The molecule has 7 nitrogen and oxygen atoms in total. The molecule has 0 atom stereocenters. The van der Waals surface area contributed by atoms with Crippen molar-refractivity contribution in [1.29, 1.82) is 0 Å². The highest BCUT2D eigenvalue weighted by atomic mass is 16.6. The average Bonchev–Trinajstić information content (AvgIpc) is 2.53. The van der Waals surface area contributed by atoms with Gasteiger partial charge in [-0.1, -0.05) is 12.1 Å². The van der Waals surface area contributed by atoms with Crippen molar-refractivity contribution >= 4 is 17.3 Å². The van der Waals surface area contributed by atoms with Crippen LogP contribution in [0.2, 0.25) is 0 Å². The van der Waals surface area contributed by atoms with E-state index in [1.165, 1.54) is 19.2 Å². The fourth-order valence-electron chi connectivity index (χ4n) is 2.27. The SMILES string of the molecule is COC(=O)c1cc(Cc2ccc(OC)cc2)cc(N)c1[N+](=O)[O-]. The van der Waals surface area contributed by atoms with Crippen LogP contribution < -0.4 is 10.5 Å². The second kappa shape index (κ2) is 6.78. The van der Waals surface area contributed by atoms with Crippen molar-refractivity contribution in [1.82, 2.24) is 0 Å². The van der Waals surface area contributed by atoms with Crippen molar-refractivity contribution < 1.29 is 19.2 Å². The van der Waals surface area contributed by atoms with Gasteiger partial charge < -0.3 is 15.2 Å². The second-order valence-electron chi connectivity index (χ2n) is 4.85. The minimum Gasteiger partial charge on any atom is -0.497 e. The standard InChI is InChI=1S/C16H16N2O5/c1-22-12-5-3-10(4-6-12)7-11-8-13(16(19)23-2)15(18(20)21)14(17)9-11/h3-6,8-9H,7,17H2,1-2H3. The number of rotatable bonds is 5. The molecule has 2 N–H and O–H groups in total. The average molecular weight is 316 g/mol. The van der Waals surface area contributed by atoms with E-state index in [4.69, 9.17) is 10.5 Å². The number of ether oxygens (including phenoxy) is 2. The van der Waals surface area contributed by atoms with Gasteiger partial charge in [0, 0.05) is 0 Å². The summed E-state index contributed by atoms with van der Waals surface area (Å²) in [6.07, 6.45) is 0.468. The van der Waals surface area contributed by atoms with Gasteiger partial charge in [-0.05, 0) is 41.8 Å². The molecule has 0 saturated carbocycles. The Bertz CT molecular complexity index is 741. The second-order valence-corrected chi connectivity index (χ2v) is 4.85. The number of nitro groups is 1. The maximum atomic E-state index is 11.8. The number of esters is 1. The molecule has 0 spiro atoms. The Hall–Kier alpha value is -3.09. The van der Waals surface area contributed by atoms with E-state index in [1.54, 1.807) is 7.11 Å².